The molecule has 7 heteroatoms. The van der Waals surface area contributed by atoms with E-state index in [0.717, 1.165) is 6.07 Å². The van der Waals surface area contributed by atoms with E-state index in [-0.39, 0.29) is 16.9 Å². The standard InChI is InChI=1S/C9H7F2N3O2/c10-9(11)6-2-5(13)4(1-8(15)16)7(3-12)14-6/h2,9H,1H2,(H2,13,14)(H,15,16). The molecule has 0 aromatic carbocycles. The van der Waals surface area contributed by atoms with Gasteiger partial charge in [0.2, 0.25) is 0 Å². The lowest BCUT2D eigenvalue weighted by molar-refractivity contribution is -0.136. The maximum atomic E-state index is 12.3. The Morgan fingerprint density at radius 1 is 1.69 bits per heavy atom. The van der Waals surface area contributed by atoms with Crippen molar-refractivity contribution in [3.63, 3.8) is 0 Å². The Labute approximate surface area is 89.1 Å². The van der Waals surface area contributed by atoms with Gasteiger partial charge in [-0.1, -0.05) is 0 Å². The molecule has 0 unspecified atom stereocenters. The van der Waals surface area contributed by atoms with Gasteiger partial charge in [0.25, 0.3) is 6.43 Å². The molecule has 0 amide bonds. The highest BCUT2D eigenvalue weighted by molar-refractivity contribution is 5.74. The Morgan fingerprint density at radius 2 is 2.31 bits per heavy atom. The molecule has 0 radical (unpaired) electrons. The predicted molar refractivity (Wildman–Crippen MR) is 49.7 cm³/mol. The van der Waals surface area contributed by atoms with E-state index in [0.29, 0.717) is 0 Å². The van der Waals surface area contributed by atoms with Crippen molar-refractivity contribution in [1.82, 2.24) is 4.98 Å². The van der Waals surface area contributed by atoms with E-state index in [9.17, 15) is 13.6 Å². The second-order valence-corrected chi connectivity index (χ2v) is 2.95. The molecule has 0 aliphatic carbocycles. The van der Waals surface area contributed by atoms with Crippen LogP contribution in [0.3, 0.4) is 0 Å². The third kappa shape index (κ3) is 2.42. The van der Waals surface area contributed by atoms with Gasteiger partial charge >= 0.3 is 5.97 Å². The number of carboxylic acids is 1. The van der Waals surface area contributed by atoms with Crippen LogP contribution in [0, 0.1) is 11.3 Å². The van der Waals surface area contributed by atoms with E-state index in [2.05, 4.69) is 4.98 Å². The van der Waals surface area contributed by atoms with Crippen molar-refractivity contribution in [2.75, 3.05) is 5.73 Å². The first kappa shape index (κ1) is 11.8. The zero-order valence-electron chi connectivity index (χ0n) is 7.94. The van der Waals surface area contributed by atoms with E-state index in [1.165, 1.54) is 0 Å². The number of nitrogen functional groups attached to an aromatic ring is 1. The third-order valence-electron chi connectivity index (χ3n) is 1.84. The highest BCUT2D eigenvalue weighted by Gasteiger charge is 2.17. The number of carboxylic acid groups (broad SMARTS) is 1. The molecule has 0 saturated heterocycles. The van der Waals surface area contributed by atoms with Crippen LogP contribution in [-0.4, -0.2) is 16.1 Å². The van der Waals surface area contributed by atoms with Gasteiger partial charge in [0.15, 0.2) is 0 Å². The maximum absolute atomic E-state index is 12.3. The van der Waals surface area contributed by atoms with Crippen molar-refractivity contribution in [1.29, 1.82) is 5.26 Å². The fourth-order valence-electron chi connectivity index (χ4n) is 1.15. The normalized spacial score (nSPS) is 10.1. The number of rotatable bonds is 3. The van der Waals surface area contributed by atoms with Crippen LogP contribution in [0.5, 0.6) is 0 Å². The number of alkyl halides is 2. The van der Waals surface area contributed by atoms with Crippen molar-refractivity contribution in [2.45, 2.75) is 12.8 Å². The molecule has 0 atom stereocenters. The number of hydrogen-bond acceptors (Lipinski definition) is 4. The number of hydrogen-bond donors (Lipinski definition) is 2. The smallest absolute Gasteiger partial charge is 0.308 e. The van der Waals surface area contributed by atoms with Gasteiger partial charge in [-0.3, -0.25) is 4.79 Å². The van der Waals surface area contributed by atoms with Gasteiger partial charge in [0, 0.05) is 11.3 Å². The van der Waals surface area contributed by atoms with Gasteiger partial charge in [-0.2, -0.15) is 5.26 Å². The minimum atomic E-state index is -2.85. The number of anilines is 1. The first-order chi connectivity index (χ1) is 7.45. The average molecular weight is 227 g/mol. The number of nitrogens with zero attached hydrogens (tertiary/aromatic N) is 2. The molecule has 3 N–H and O–H groups in total. The van der Waals surface area contributed by atoms with Crippen LogP contribution < -0.4 is 5.73 Å². The third-order valence-corrected chi connectivity index (χ3v) is 1.84. The van der Waals surface area contributed by atoms with Crippen molar-refractivity contribution in [3.8, 4) is 6.07 Å². The fourth-order valence-corrected chi connectivity index (χ4v) is 1.15. The number of nitrogens with two attached hydrogens (primary N) is 1. The molecule has 84 valence electrons. The molecule has 5 nitrogen and oxygen atoms in total. The molecule has 0 aliphatic heterocycles. The topological polar surface area (TPSA) is 100 Å². The van der Waals surface area contributed by atoms with E-state index < -0.39 is 24.5 Å². The van der Waals surface area contributed by atoms with E-state index >= 15 is 0 Å². The van der Waals surface area contributed by atoms with E-state index in [4.69, 9.17) is 16.1 Å². The lowest BCUT2D eigenvalue weighted by Crippen LogP contribution is -2.09. The molecule has 1 rings (SSSR count). The fraction of sp³-hybridized carbons (Fsp3) is 0.222. The van der Waals surface area contributed by atoms with Crippen LogP contribution in [0.25, 0.3) is 0 Å². The average Bonchev–Trinajstić information content (AvgIpc) is 2.19. The molecular formula is C9H7F2N3O2. The molecule has 0 saturated carbocycles. The van der Waals surface area contributed by atoms with E-state index in [1.54, 1.807) is 6.07 Å². The Balaban J connectivity index is 3.30. The summed E-state index contributed by atoms with van der Waals surface area (Å²) >= 11 is 0. The summed E-state index contributed by atoms with van der Waals surface area (Å²) in [6, 6.07) is 2.43. The minimum absolute atomic E-state index is 0.0422. The molecular weight excluding hydrogens is 220 g/mol. The molecule has 0 bridgehead atoms. The van der Waals surface area contributed by atoms with Gasteiger partial charge in [-0.25, -0.2) is 13.8 Å². The highest BCUT2D eigenvalue weighted by atomic mass is 19.3. The van der Waals surface area contributed by atoms with Gasteiger partial charge < -0.3 is 10.8 Å². The van der Waals surface area contributed by atoms with Crippen molar-refractivity contribution in [2.24, 2.45) is 0 Å². The maximum Gasteiger partial charge on any atom is 0.308 e. The van der Waals surface area contributed by atoms with Gasteiger partial charge in [0.1, 0.15) is 17.5 Å². The molecule has 1 heterocycles. The molecule has 1 aromatic rings. The second kappa shape index (κ2) is 4.53. The first-order valence-electron chi connectivity index (χ1n) is 4.15. The van der Waals surface area contributed by atoms with Crippen LogP contribution in [0.4, 0.5) is 14.5 Å². The summed E-state index contributed by atoms with van der Waals surface area (Å²) in [5, 5.41) is 17.2. The van der Waals surface area contributed by atoms with Crippen LogP contribution in [0.1, 0.15) is 23.4 Å². The number of carbonyl (C=O) groups is 1. The number of aliphatic carboxylic acids is 1. The van der Waals surface area contributed by atoms with Crippen molar-refractivity contribution >= 4 is 11.7 Å². The Hall–Kier alpha value is -2.23. The summed E-state index contributed by atoms with van der Waals surface area (Å²) in [6.45, 7) is 0. The molecule has 0 aliphatic rings. The summed E-state index contributed by atoms with van der Waals surface area (Å²) in [6.07, 6.45) is -3.38. The Kier molecular flexibility index (Phi) is 3.35. The van der Waals surface area contributed by atoms with Crippen molar-refractivity contribution in [3.05, 3.63) is 23.0 Å². The Bertz CT molecular complexity index is 469. The second-order valence-electron chi connectivity index (χ2n) is 2.95. The van der Waals surface area contributed by atoms with E-state index in [1.807, 2.05) is 0 Å². The van der Waals surface area contributed by atoms with Crippen LogP contribution >= 0.6 is 0 Å². The van der Waals surface area contributed by atoms with Gasteiger partial charge in [0.05, 0.1) is 6.42 Å². The summed E-state index contributed by atoms with van der Waals surface area (Å²) in [4.78, 5) is 13.8. The molecule has 0 spiro atoms. The summed E-state index contributed by atoms with van der Waals surface area (Å²) in [5.41, 5.74) is 4.18. The molecule has 0 fully saturated rings. The number of pyridine rings is 1. The van der Waals surface area contributed by atoms with Crippen LogP contribution in [0.15, 0.2) is 6.07 Å². The summed E-state index contributed by atoms with van der Waals surface area (Å²) in [5.74, 6) is -1.21. The monoisotopic (exact) mass is 227 g/mol. The quantitative estimate of drug-likeness (QED) is 0.805. The van der Waals surface area contributed by atoms with Crippen LogP contribution in [0.2, 0.25) is 0 Å². The Morgan fingerprint density at radius 3 is 2.75 bits per heavy atom. The summed E-state index contributed by atoms with van der Waals surface area (Å²) < 4.78 is 24.6. The largest absolute Gasteiger partial charge is 0.481 e. The lowest BCUT2D eigenvalue weighted by Gasteiger charge is -2.07. The molecule has 16 heavy (non-hydrogen) atoms. The van der Waals surface area contributed by atoms with Crippen LogP contribution in [-0.2, 0) is 11.2 Å². The molecule has 1 aromatic heterocycles. The number of nitriles is 1. The first-order valence-corrected chi connectivity index (χ1v) is 4.15. The number of halogens is 2. The zero-order valence-corrected chi connectivity index (χ0v) is 7.94. The SMILES string of the molecule is N#Cc1nc(C(F)F)cc(N)c1CC(=O)O. The predicted octanol–water partition coefficient (Wildman–Crippen LogP) is 1.10. The highest BCUT2D eigenvalue weighted by Crippen LogP contribution is 2.23. The number of aromatic nitrogens is 1. The van der Waals surface area contributed by atoms with Crippen molar-refractivity contribution < 1.29 is 18.7 Å². The van der Waals surface area contributed by atoms with Gasteiger partial charge in [-0.05, 0) is 6.07 Å². The zero-order chi connectivity index (χ0) is 12.3. The minimum Gasteiger partial charge on any atom is -0.481 e. The lowest BCUT2D eigenvalue weighted by atomic mass is 10.1. The summed E-state index contributed by atoms with van der Waals surface area (Å²) in [7, 11) is 0. The van der Waals surface area contributed by atoms with Gasteiger partial charge in [-0.15, -0.1) is 0 Å².